The van der Waals surface area contributed by atoms with Crippen molar-refractivity contribution in [2.24, 2.45) is 5.10 Å². The monoisotopic (exact) mass is 394 g/mol. The predicted octanol–water partition coefficient (Wildman–Crippen LogP) is 3.93. The minimum Gasteiger partial charge on any atom is -0.288 e. The first-order chi connectivity index (χ1) is 12.2. The van der Waals surface area contributed by atoms with Crippen LogP contribution in [0.25, 0.3) is 5.69 Å². The molecule has 0 saturated heterocycles. The molecule has 124 valence electrons. The molecule has 1 aliphatic heterocycles. The van der Waals surface area contributed by atoms with Crippen molar-refractivity contribution in [3.63, 3.8) is 0 Å². The lowest BCUT2D eigenvalue weighted by atomic mass is 10.1. The van der Waals surface area contributed by atoms with Gasteiger partial charge in [-0.15, -0.1) is 0 Å². The van der Waals surface area contributed by atoms with Crippen molar-refractivity contribution in [2.75, 3.05) is 5.01 Å². The predicted molar refractivity (Wildman–Crippen MR) is 102 cm³/mol. The number of hydrogen-bond donors (Lipinski definition) is 0. The van der Waals surface area contributed by atoms with Crippen molar-refractivity contribution in [1.29, 1.82) is 0 Å². The van der Waals surface area contributed by atoms with Gasteiger partial charge in [0, 0.05) is 29.4 Å². The number of hydrazone groups is 1. The summed E-state index contributed by atoms with van der Waals surface area (Å²) in [6.07, 6.45) is 4.17. The number of para-hydroxylation sites is 1. The number of aromatic nitrogens is 2. The molecule has 4 rings (SSSR count). The molecule has 25 heavy (non-hydrogen) atoms. The van der Waals surface area contributed by atoms with Crippen LogP contribution in [0.3, 0.4) is 0 Å². The molecule has 2 heterocycles. The van der Waals surface area contributed by atoms with E-state index in [4.69, 9.17) is 0 Å². The third-order valence-electron chi connectivity index (χ3n) is 4.07. The summed E-state index contributed by atoms with van der Waals surface area (Å²) < 4.78 is 2.70. The van der Waals surface area contributed by atoms with Crippen LogP contribution in [0.2, 0.25) is 0 Å². The Labute approximate surface area is 153 Å². The molecular weight excluding hydrogens is 380 g/mol. The summed E-state index contributed by atoms with van der Waals surface area (Å²) in [7, 11) is 0. The van der Waals surface area contributed by atoms with Crippen LogP contribution in [0.4, 0.5) is 5.69 Å². The molecule has 0 N–H and O–H groups in total. The molecule has 3 aromatic rings. The SMILES string of the molecule is O=c1ccn(-c2ccccc2)nc1C1CC=NN1c1cccc(Br)c1. The minimum absolute atomic E-state index is 0.0809. The summed E-state index contributed by atoms with van der Waals surface area (Å²) in [5.41, 5.74) is 2.24. The summed E-state index contributed by atoms with van der Waals surface area (Å²) in [4.78, 5) is 12.5. The van der Waals surface area contributed by atoms with E-state index in [1.807, 2.05) is 65.8 Å². The minimum atomic E-state index is -0.210. The molecule has 5 nitrogen and oxygen atoms in total. The van der Waals surface area contributed by atoms with E-state index in [2.05, 4.69) is 26.1 Å². The lowest BCUT2D eigenvalue weighted by molar-refractivity contribution is 0.644. The average Bonchev–Trinajstić information content (AvgIpc) is 3.12. The molecule has 0 amide bonds. The smallest absolute Gasteiger partial charge is 0.205 e. The molecule has 0 radical (unpaired) electrons. The molecule has 0 spiro atoms. The van der Waals surface area contributed by atoms with E-state index in [9.17, 15) is 4.79 Å². The van der Waals surface area contributed by atoms with Crippen LogP contribution < -0.4 is 10.4 Å². The molecule has 0 aliphatic carbocycles. The van der Waals surface area contributed by atoms with Crippen LogP contribution in [0.15, 0.2) is 81.2 Å². The van der Waals surface area contributed by atoms with Crippen molar-refractivity contribution in [3.05, 3.63) is 87.3 Å². The maximum absolute atomic E-state index is 12.5. The zero-order valence-electron chi connectivity index (χ0n) is 13.3. The van der Waals surface area contributed by atoms with Gasteiger partial charge in [-0.1, -0.05) is 40.2 Å². The third kappa shape index (κ3) is 3.13. The number of hydrogen-bond acceptors (Lipinski definition) is 4. The Balaban J connectivity index is 1.75. The maximum Gasteiger partial charge on any atom is 0.205 e. The number of nitrogens with zero attached hydrogens (tertiary/aromatic N) is 4. The molecule has 2 aromatic carbocycles. The molecule has 1 atom stereocenters. The second-order valence-electron chi connectivity index (χ2n) is 5.72. The molecule has 1 unspecified atom stereocenters. The van der Waals surface area contributed by atoms with Crippen LogP contribution in [-0.2, 0) is 0 Å². The van der Waals surface area contributed by atoms with Crippen LogP contribution >= 0.6 is 15.9 Å². The zero-order valence-corrected chi connectivity index (χ0v) is 14.9. The number of halogens is 1. The Morgan fingerprint density at radius 2 is 1.80 bits per heavy atom. The van der Waals surface area contributed by atoms with Crippen LogP contribution in [0.1, 0.15) is 18.2 Å². The lowest BCUT2D eigenvalue weighted by Crippen LogP contribution is -2.27. The number of anilines is 1. The Morgan fingerprint density at radius 1 is 1.00 bits per heavy atom. The molecule has 1 aromatic heterocycles. The van der Waals surface area contributed by atoms with Gasteiger partial charge in [-0.05, 0) is 30.3 Å². The first-order valence-corrected chi connectivity index (χ1v) is 8.74. The Hall–Kier alpha value is -2.73. The first-order valence-electron chi connectivity index (χ1n) is 7.95. The fraction of sp³-hybridized carbons (Fsp3) is 0.105. The van der Waals surface area contributed by atoms with Gasteiger partial charge in [0.2, 0.25) is 5.43 Å². The van der Waals surface area contributed by atoms with E-state index in [1.165, 1.54) is 0 Å². The average molecular weight is 395 g/mol. The Bertz CT molecular complexity index is 984. The topological polar surface area (TPSA) is 50.5 Å². The summed E-state index contributed by atoms with van der Waals surface area (Å²) in [5, 5.41) is 10.9. The van der Waals surface area contributed by atoms with Crippen molar-refractivity contribution < 1.29 is 0 Å². The quantitative estimate of drug-likeness (QED) is 0.675. The third-order valence-corrected chi connectivity index (χ3v) is 4.57. The van der Waals surface area contributed by atoms with E-state index in [0.29, 0.717) is 12.1 Å². The molecule has 0 bridgehead atoms. The summed E-state index contributed by atoms with van der Waals surface area (Å²) in [6, 6.07) is 19.0. The summed E-state index contributed by atoms with van der Waals surface area (Å²) in [6.45, 7) is 0. The van der Waals surface area contributed by atoms with Gasteiger partial charge in [-0.25, -0.2) is 4.68 Å². The molecule has 0 saturated carbocycles. The van der Waals surface area contributed by atoms with Crippen LogP contribution in [-0.4, -0.2) is 16.0 Å². The van der Waals surface area contributed by atoms with Gasteiger partial charge < -0.3 is 0 Å². The zero-order chi connectivity index (χ0) is 17.2. The largest absolute Gasteiger partial charge is 0.288 e. The fourth-order valence-electron chi connectivity index (χ4n) is 2.89. The molecular formula is C19H15BrN4O. The van der Waals surface area contributed by atoms with E-state index in [-0.39, 0.29) is 11.5 Å². The van der Waals surface area contributed by atoms with Crippen molar-refractivity contribution in [3.8, 4) is 5.69 Å². The maximum atomic E-state index is 12.5. The fourth-order valence-corrected chi connectivity index (χ4v) is 3.27. The molecule has 6 heteroatoms. The number of rotatable bonds is 3. The highest BCUT2D eigenvalue weighted by Gasteiger charge is 2.28. The van der Waals surface area contributed by atoms with Crippen molar-refractivity contribution >= 4 is 27.8 Å². The Morgan fingerprint density at radius 3 is 2.60 bits per heavy atom. The Kier molecular flexibility index (Phi) is 4.19. The van der Waals surface area contributed by atoms with Gasteiger partial charge in [0.15, 0.2) is 0 Å². The van der Waals surface area contributed by atoms with Gasteiger partial charge in [0.05, 0.1) is 11.4 Å². The van der Waals surface area contributed by atoms with Crippen LogP contribution in [0.5, 0.6) is 0 Å². The standard InChI is InChI=1S/C19H15BrN4O/c20-14-5-4-8-16(13-14)24-17(9-11-21-24)19-18(25)10-12-23(22-19)15-6-2-1-3-7-15/h1-8,10-13,17H,9H2. The highest BCUT2D eigenvalue weighted by Crippen LogP contribution is 2.32. The van der Waals surface area contributed by atoms with Gasteiger partial charge in [-0.3, -0.25) is 9.80 Å². The second kappa shape index (κ2) is 6.64. The van der Waals surface area contributed by atoms with Gasteiger partial charge in [0.25, 0.3) is 0 Å². The van der Waals surface area contributed by atoms with Crippen LogP contribution in [0, 0.1) is 0 Å². The highest BCUT2D eigenvalue weighted by molar-refractivity contribution is 9.10. The summed E-state index contributed by atoms with van der Waals surface area (Å²) >= 11 is 3.48. The molecule has 1 aliphatic rings. The molecule has 0 fully saturated rings. The van der Waals surface area contributed by atoms with Gasteiger partial charge >= 0.3 is 0 Å². The van der Waals surface area contributed by atoms with E-state index in [0.717, 1.165) is 15.8 Å². The van der Waals surface area contributed by atoms with E-state index in [1.54, 1.807) is 16.9 Å². The first kappa shape index (κ1) is 15.8. The van der Waals surface area contributed by atoms with Crippen molar-refractivity contribution in [1.82, 2.24) is 9.78 Å². The number of benzene rings is 2. The van der Waals surface area contributed by atoms with E-state index < -0.39 is 0 Å². The highest BCUT2D eigenvalue weighted by atomic mass is 79.9. The second-order valence-corrected chi connectivity index (χ2v) is 6.64. The lowest BCUT2D eigenvalue weighted by Gasteiger charge is -2.23. The van der Waals surface area contributed by atoms with Gasteiger partial charge in [-0.2, -0.15) is 10.2 Å². The van der Waals surface area contributed by atoms with Gasteiger partial charge in [0.1, 0.15) is 11.7 Å². The van der Waals surface area contributed by atoms with E-state index >= 15 is 0 Å². The van der Waals surface area contributed by atoms with Crippen molar-refractivity contribution in [2.45, 2.75) is 12.5 Å². The summed E-state index contributed by atoms with van der Waals surface area (Å²) in [5.74, 6) is 0. The normalized spacial score (nSPS) is 16.4.